The Morgan fingerprint density at radius 3 is 2.34 bits per heavy atom. The molecule has 2 unspecified atom stereocenters. The molecule has 1 N–H and O–H groups in total. The van der Waals surface area contributed by atoms with E-state index in [1.807, 2.05) is 24.3 Å². The second-order valence-corrected chi connectivity index (χ2v) is 10.8. The molecule has 0 radical (unpaired) electrons. The van der Waals surface area contributed by atoms with Crippen molar-refractivity contribution >= 4 is 51.7 Å². The lowest BCUT2D eigenvalue weighted by Crippen LogP contribution is -2.38. The van der Waals surface area contributed by atoms with Crippen molar-refractivity contribution in [3.8, 4) is 11.1 Å². The van der Waals surface area contributed by atoms with E-state index in [9.17, 15) is 0 Å². The van der Waals surface area contributed by atoms with Crippen LogP contribution < -0.4 is 15.3 Å². The van der Waals surface area contributed by atoms with Crippen LogP contribution in [0.4, 0.5) is 11.4 Å². The van der Waals surface area contributed by atoms with Crippen molar-refractivity contribution < 1.29 is 4.42 Å². The first-order valence-corrected chi connectivity index (χ1v) is 14.1. The van der Waals surface area contributed by atoms with Gasteiger partial charge in [0.25, 0.3) is 0 Å². The molecule has 1 aliphatic carbocycles. The van der Waals surface area contributed by atoms with E-state index in [2.05, 4.69) is 109 Å². The summed E-state index contributed by atoms with van der Waals surface area (Å²) in [5.74, 6) is 0.242. The van der Waals surface area contributed by atoms with Crippen molar-refractivity contribution in [2.45, 2.75) is 18.4 Å². The number of allylic oxidation sites excluding steroid dienone is 1. The lowest BCUT2D eigenvalue weighted by Gasteiger charge is -2.31. The zero-order valence-electron chi connectivity index (χ0n) is 22.5. The van der Waals surface area contributed by atoms with E-state index in [0.29, 0.717) is 6.42 Å². The third-order valence-electron chi connectivity index (χ3n) is 8.71. The van der Waals surface area contributed by atoms with Gasteiger partial charge in [-0.3, -0.25) is 0 Å². The van der Waals surface area contributed by atoms with Gasteiger partial charge < -0.3 is 14.7 Å². The quantitative estimate of drug-likeness (QED) is 0.183. The maximum absolute atomic E-state index is 8.68. The predicted molar refractivity (Wildman–Crippen MR) is 171 cm³/mol. The summed E-state index contributed by atoms with van der Waals surface area (Å²) in [6.45, 7) is 4.09. The highest BCUT2D eigenvalue weighted by atomic mass is 16.3. The molecule has 2 aliphatic rings. The van der Waals surface area contributed by atoms with Gasteiger partial charge in [0.2, 0.25) is 0 Å². The molecule has 0 fully saturated rings. The average Bonchev–Trinajstić information content (AvgIpc) is 3.55. The van der Waals surface area contributed by atoms with Crippen molar-refractivity contribution in [2.75, 3.05) is 4.90 Å². The number of rotatable bonds is 5. The topological polar surface area (TPSA) is 40.2 Å². The van der Waals surface area contributed by atoms with Gasteiger partial charge in [-0.05, 0) is 51.7 Å². The van der Waals surface area contributed by atoms with Crippen LogP contribution in [-0.4, -0.2) is 12.3 Å². The van der Waals surface area contributed by atoms with Crippen LogP contribution in [0.15, 0.2) is 120 Å². The molecule has 2 atom stereocenters. The fraction of sp³-hybridized carbons (Fsp3) is 0.0789. The van der Waals surface area contributed by atoms with Gasteiger partial charge >= 0.3 is 0 Å². The van der Waals surface area contributed by atoms with E-state index in [0.717, 1.165) is 49.9 Å². The van der Waals surface area contributed by atoms with Crippen LogP contribution in [0, 0.1) is 5.41 Å². The highest BCUT2D eigenvalue weighted by molar-refractivity contribution is 6.10. The molecular weight excluding hydrogens is 500 g/mol. The predicted octanol–water partition coefficient (Wildman–Crippen LogP) is 7.86. The minimum Gasteiger partial charge on any atom is -0.455 e. The summed E-state index contributed by atoms with van der Waals surface area (Å²) in [5.41, 5.74) is 9.43. The Labute approximate surface area is 238 Å². The summed E-state index contributed by atoms with van der Waals surface area (Å²) in [5, 5.41) is 13.4. The average molecular weight is 529 g/mol. The molecule has 6 aromatic rings. The highest BCUT2D eigenvalue weighted by Gasteiger charge is 2.38. The molecule has 0 saturated heterocycles. The fourth-order valence-corrected chi connectivity index (χ4v) is 6.94. The van der Waals surface area contributed by atoms with Gasteiger partial charge in [-0.15, -0.1) is 6.58 Å². The van der Waals surface area contributed by atoms with Gasteiger partial charge in [-0.1, -0.05) is 103 Å². The summed E-state index contributed by atoms with van der Waals surface area (Å²) in [7, 11) is 0. The summed E-state index contributed by atoms with van der Waals surface area (Å²) >= 11 is 0. The zero-order valence-corrected chi connectivity index (χ0v) is 22.5. The van der Waals surface area contributed by atoms with E-state index in [4.69, 9.17) is 9.83 Å². The molecule has 0 bridgehead atoms. The van der Waals surface area contributed by atoms with Crippen LogP contribution in [-0.2, 0) is 6.42 Å². The van der Waals surface area contributed by atoms with Crippen LogP contribution in [0.5, 0.6) is 0 Å². The number of hydrogen-bond donors (Lipinski definition) is 1. The van der Waals surface area contributed by atoms with E-state index < -0.39 is 0 Å². The Bertz CT molecular complexity index is 2150. The van der Waals surface area contributed by atoms with E-state index in [1.54, 1.807) is 0 Å². The van der Waals surface area contributed by atoms with Gasteiger partial charge in [-0.2, -0.15) is 0 Å². The number of anilines is 2. The maximum Gasteiger partial charge on any atom is 0.143 e. The van der Waals surface area contributed by atoms with Crippen LogP contribution in [0.1, 0.15) is 22.6 Å². The smallest absolute Gasteiger partial charge is 0.143 e. The SMILES string of the molecule is C=CCc1c(-c2cccc3c2oc2ccccc23)ccc(N2c3ccccc3C3C=c4ccccc4=CC32)c1C=N. The highest BCUT2D eigenvalue weighted by Crippen LogP contribution is 2.49. The summed E-state index contributed by atoms with van der Waals surface area (Å²) in [4.78, 5) is 2.44. The Hall–Kier alpha value is -5.15. The molecule has 3 nitrogen and oxygen atoms in total. The molecule has 196 valence electrons. The largest absolute Gasteiger partial charge is 0.455 e. The monoisotopic (exact) mass is 528 g/mol. The van der Waals surface area contributed by atoms with E-state index in [1.165, 1.54) is 27.9 Å². The molecule has 41 heavy (non-hydrogen) atoms. The van der Waals surface area contributed by atoms with Crippen molar-refractivity contribution in [3.05, 3.63) is 143 Å². The molecule has 0 amide bonds. The van der Waals surface area contributed by atoms with Gasteiger partial charge in [0.05, 0.1) is 11.7 Å². The standard InChI is InChI=1S/C38H28N2O/c1-2-10-26-27(30-15-9-16-31-29-14-6-8-18-37(29)41-38(30)31)19-20-35(33(26)23-39)40-34-17-7-5-13-28(34)32-21-24-11-3-4-12-25(24)22-36(32)40/h2-9,11-23,32,36,39H,1,10H2. The normalized spacial score (nSPS) is 16.9. The van der Waals surface area contributed by atoms with Gasteiger partial charge in [0, 0.05) is 39.7 Å². The second kappa shape index (κ2) is 9.21. The maximum atomic E-state index is 8.68. The Balaban J connectivity index is 1.37. The second-order valence-electron chi connectivity index (χ2n) is 10.8. The Kier molecular flexibility index (Phi) is 5.33. The number of nitrogens with one attached hydrogen (secondary N) is 1. The van der Waals surface area contributed by atoms with Crippen LogP contribution in [0.2, 0.25) is 0 Å². The number of para-hydroxylation sites is 3. The molecule has 2 heterocycles. The van der Waals surface area contributed by atoms with Crippen molar-refractivity contribution in [1.29, 1.82) is 5.41 Å². The van der Waals surface area contributed by atoms with Crippen LogP contribution >= 0.6 is 0 Å². The lowest BCUT2D eigenvalue weighted by atomic mass is 9.88. The van der Waals surface area contributed by atoms with Gasteiger partial charge in [0.15, 0.2) is 0 Å². The first-order valence-electron chi connectivity index (χ1n) is 14.1. The minimum absolute atomic E-state index is 0.127. The van der Waals surface area contributed by atoms with Crippen molar-refractivity contribution in [1.82, 2.24) is 0 Å². The molecule has 8 rings (SSSR count). The molecule has 1 aliphatic heterocycles. The molecule has 3 heteroatoms. The van der Waals surface area contributed by atoms with E-state index >= 15 is 0 Å². The third-order valence-corrected chi connectivity index (χ3v) is 8.71. The van der Waals surface area contributed by atoms with Crippen molar-refractivity contribution in [2.24, 2.45) is 0 Å². The first kappa shape index (κ1) is 23.7. The minimum atomic E-state index is 0.127. The Morgan fingerprint density at radius 1 is 0.732 bits per heavy atom. The zero-order chi connectivity index (χ0) is 27.5. The van der Waals surface area contributed by atoms with Crippen molar-refractivity contribution in [3.63, 3.8) is 0 Å². The Morgan fingerprint density at radius 2 is 1.49 bits per heavy atom. The summed E-state index contributed by atoms with van der Waals surface area (Å²) in [6, 6.07) is 36.4. The van der Waals surface area contributed by atoms with Gasteiger partial charge in [-0.25, -0.2) is 0 Å². The number of furan rings is 1. The first-order chi connectivity index (χ1) is 20.3. The number of hydrogen-bond acceptors (Lipinski definition) is 3. The third kappa shape index (κ3) is 3.49. The van der Waals surface area contributed by atoms with Crippen LogP contribution in [0.3, 0.4) is 0 Å². The molecule has 0 spiro atoms. The number of fused-ring (bicyclic) bond motifs is 7. The lowest BCUT2D eigenvalue weighted by molar-refractivity contribution is 0.670. The molecular formula is C38H28N2O. The van der Waals surface area contributed by atoms with E-state index in [-0.39, 0.29) is 12.0 Å². The molecule has 1 aromatic heterocycles. The summed E-state index contributed by atoms with van der Waals surface area (Å²) < 4.78 is 6.42. The number of benzene rings is 5. The van der Waals surface area contributed by atoms with Gasteiger partial charge in [0.1, 0.15) is 11.2 Å². The summed E-state index contributed by atoms with van der Waals surface area (Å²) in [6.07, 6.45) is 8.90. The molecule has 0 saturated carbocycles. The van der Waals surface area contributed by atoms with Crippen LogP contribution in [0.25, 0.3) is 45.2 Å². The number of nitrogens with zero attached hydrogens (tertiary/aromatic N) is 1. The molecule has 5 aromatic carbocycles. The fourth-order valence-electron chi connectivity index (χ4n) is 6.94.